The molecule has 2 atom stereocenters. The second kappa shape index (κ2) is 15.8. The van der Waals surface area contributed by atoms with Crippen LogP contribution in [0.3, 0.4) is 0 Å². The Kier molecular flexibility index (Phi) is 17.2. The molecule has 0 radical (unpaired) electrons. The molecule has 0 bridgehead atoms. The number of hydrogen-bond acceptors (Lipinski definition) is 10. The summed E-state index contributed by atoms with van der Waals surface area (Å²) in [5.74, 6) is -3.34. The van der Waals surface area contributed by atoms with Crippen LogP contribution >= 0.6 is 0 Å². The predicted molar refractivity (Wildman–Crippen MR) is 125 cm³/mol. The molecule has 0 heterocycles. The molecule has 36 heavy (non-hydrogen) atoms. The van der Waals surface area contributed by atoms with E-state index in [1.54, 1.807) is 0 Å². The number of primary amides is 2. The smallest absolute Gasteiger partial charge is 0.303 e. The zero-order valence-electron chi connectivity index (χ0n) is 21.2. The number of aliphatic carboxylic acids is 2. The van der Waals surface area contributed by atoms with Crippen molar-refractivity contribution >= 4 is 23.8 Å². The first-order valence-electron chi connectivity index (χ1n) is 10.00. The van der Waals surface area contributed by atoms with Gasteiger partial charge in [-0.05, 0) is 54.4 Å². The Bertz CT molecular complexity index is 848. The van der Waals surface area contributed by atoms with E-state index in [4.69, 9.17) is 32.2 Å². The minimum absolute atomic E-state index is 0. The molecule has 0 spiro atoms. The first-order valence-corrected chi connectivity index (χ1v) is 10.00. The van der Waals surface area contributed by atoms with E-state index in [1.165, 1.54) is 41.5 Å². The summed E-state index contributed by atoms with van der Waals surface area (Å²) in [6.07, 6.45) is -0.575. The molecule has 0 fully saturated rings. The van der Waals surface area contributed by atoms with Gasteiger partial charge in [0.1, 0.15) is 0 Å². The van der Waals surface area contributed by atoms with Crippen molar-refractivity contribution in [2.45, 2.75) is 89.4 Å². The third-order valence-corrected chi connectivity index (χ3v) is 4.38. The molecule has 16 heteroatoms. The zero-order valence-corrected chi connectivity index (χ0v) is 21.2. The van der Waals surface area contributed by atoms with Crippen LogP contribution in [-0.2, 0) is 19.2 Å². The van der Waals surface area contributed by atoms with Crippen molar-refractivity contribution in [3.63, 3.8) is 0 Å². The highest BCUT2D eigenvalue weighted by Gasteiger charge is 2.30. The first-order chi connectivity index (χ1) is 15.3. The molecule has 0 saturated heterocycles. The summed E-state index contributed by atoms with van der Waals surface area (Å²) in [4.78, 5) is 42.7. The Morgan fingerprint density at radius 2 is 0.917 bits per heavy atom. The van der Waals surface area contributed by atoms with Crippen LogP contribution in [0.25, 0.3) is 0 Å². The SMILES string of the molecule is CC(C#N)(CCC(=O)O)N=NC(C)(C#N)CCC(=O)O.CC(C)(N=NC(C)(C)C(N)=O)C(N)=O.O.O. The van der Waals surface area contributed by atoms with Gasteiger partial charge in [-0.2, -0.15) is 31.0 Å². The number of azo groups is 2. The molecule has 0 aromatic carbocycles. The number of carboxylic acids is 2. The van der Waals surface area contributed by atoms with Gasteiger partial charge in [-0.25, -0.2) is 0 Å². The Labute approximate surface area is 208 Å². The maximum Gasteiger partial charge on any atom is 0.303 e. The van der Waals surface area contributed by atoms with Gasteiger partial charge in [0.15, 0.2) is 22.2 Å². The average molecular weight is 517 g/mol. The van der Waals surface area contributed by atoms with Crippen molar-refractivity contribution in [1.29, 1.82) is 10.5 Å². The van der Waals surface area contributed by atoms with Crippen molar-refractivity contribution in [3.05, 3.63) is 0 Å². The van der Waals surface area contributed by atoms with Gasteiger partial charge in [-0.1, -0.05) is 0 Å². The fourth-order valence-corrected chi connectivity index (χ4v) is 1.53. The standard InChI is InChI=1S/C12H16N4O4.C8H16N4O2.2H2O/c1-11(7-13,5-3-9(17)18)15-16-12(2,8-14)6-4-10(19)20;1-7(2,5(9)13)11-12-8(3,4)6(10)14;;/h3-6H2,1-2H3,(H,17,18)(H,19,20);1-4H3,(H2,9,13)(H2,10,14);2*1H2. The van der Waals surface area contributed by atoms with Crippen LogP contribution in [0.1, 0.15) is 67.2 Å². The van der Waals surface area contributed by atoms with Gasteiger partial charge in [0.05, 0.1) is 12.1 Å². The molecule has 0 aliphatic rings. The summed E-state index contributed by atoms with van der Waals surface area (Å²) < 4.78 is 0. The van der Waals surface area contributed by atoms with Gasteiger partial charge in [0, 0.05) is 12.8 Å². The molecule has 204 valence electrons. The first kappa shape index (κ1) is 39.2. The van der Waals surface area contributed by atoms with E-state index in [9.17, 15) is 19.2 Å². The van der Waals surface area contributed by atoms with Crippen LogP contribution in [0.4, 0.5) is 0 Å². The van der Waals surface area contributed by atoms with Crippen LogP contribution in [0.15, 0.2) is 20.5 Å². The summed E-state index contributed by atoms with van der Waals surface area (Å²) in [6.45, 7) is 8.86. The Morgan fingerprint density at radius 1 is 0.667 bits per heavy atom. The molecule has 0 aliphatic carbocycles. The van der Waals surface area contributed by atoms with E-state index in [0.717, 1.165) is 0 Å². The van der Waals surface area contributed by atoms with Crippen molar-refractivity contribution in [3.8, 4) is 12.1 Å². The topological polar surface area (TPSA) is 321 Å². The predicted octanol–water partition coefficient (Wildman–Crippen LogP) is 0.0498. The van der Waals surface area contributed by atoms with E-state index < -0.39 is 45.9 Å². The third-order valence-electron chi connectivity index (χ3n) is 4.38. The molecule has 16 nitrogen and oxygen atoms in total. The maximum absolute atomic E-state index is 10.9. The van der Waals surface area contributed by atoms with E-state index in [-0.39, 0.29) is 36.6 Å². The minimum Gasteiger partial charge on any atom is -0.481 e. The summed E-state index contributed by atoms with van der Waals surface area (Å²) >= 11 is 0. The summed E-state index contributed by atoms with van der Waals surface area (Å²) in [7, 11) is 0. The third kappa shape index (κ3) is 15.8. The molecule has 0 rings (SSSR count). The van der Waals surface area contributed by atoms with E-state index in [1.807, 2.05) is 12.1 Å². The lowest BCUT2D eigenvalue weighted by Crippen LogP contribution is -2.39. The number of nitrogens with zero attached hydrogens (tertiary/aromatic N) is 6. The number of rotatable bonds is 12. The van der Waals surface area contributed by atoms with Crippen LogP contribution in [0, 0.1) is 22.7 Å². The number of carboxylic acid groups (broad SMARTS) is 2. The molecule has 2 unspecified atom stereocenters. The molecule has 10 N–H and O–H groups in total. The number of nitriles is 2. The molecular weight excluding hydrogens is 480 g/mol. The molecule has 0 aromatic rings. The molecule has 0 saturated carbocycles. The molecule has 2 amide bonds. The minimum atomic E-state index is -1.35. The maximum atomic E-state index is 10.9. The number of carbonyl (C=O) groups excluding carboxylic acids is 2. The van der Waals surface area contributed by atoms with Gasteiger partial charge >= 0.3 is 11.9 Å². The number of amides is 2. The number of carbonyl (C=O) groups is 4. The van der Waals surface area contributed by atoms with Crippen molar-refractivity contribution < 1.29 is 40.3 Å². The summed E-state index contributed by atoms with van der Waals surface area (Å²) in [5, 5.41) is 50.1. The lowest BCUT2D eigenvalue weighted by molar-refractivity contribution is -0.138. The van der Waals surface area contributed by atoms with Crippen LogP contribution in [0.2, 0.25) is 0 Å². The highest BCUT2D eigenvalue weighted by atomic mass is 16.4. The van der Waals surface area contributed by atoms with Crippen LogP contribution in [-0.4, -0.2) is 67.1 Å². The van der Waals surface area contributed by atoms with Crippen LogP contribution in [0.5, 0.6) is 0 Å². The number of nitrogens with two attached hydrogens (primary N) is 2. The van der Waals surface area contributed by atoms with Gasteiger partial charge in [0.25, 0.3) is 0 Å². The fraction of sp³-hybridized carbons (Fsp3) is 0.700. The zero-order chi connectivity index (χ0) is 27.4. The Hall–Kier alpha value is -4.02. The Balaban J connectivity index is -0.000000285. The van der Waals surface area contributed by atoms with Gasteiger partial charge < -0.3 is 32.6 Å². The second-order valence-electron chi connectivity index (χ2n) is 8.81. The summed E-state index contributed by atoms with van der Waals surface area (Å²) in [5.41, 5.74) is 5.20. The van der Waals surface area contributed by atoms with Crippen molar-refractivity contribution in [2.75, 3.05) is 0 Å². The van der Waals surface area contributed by atoms with Gasteiger partial charge in [-0.3, -0.25) is 19.2 Å². The average Bonchev–Trinajstić information content (AvgIpc) is 2.74. The van der Waals surface area contributed by atoms with Gasteiger partial charge in [-0.15, -0.1) is 0 Å². The number of hydrogen-bond donors (Lipinski definition) is 4. The monoisotopic (exact) mass is 516 g/mol. The van der Waals surface area contributed by atoms with E-state index >= 15 is 0 Å². The highest BCUT2D eigenvalue weighted by molar-refractivity contribution is 5.85. The quantitative estimate of drug-likeness (QED) is 0.256. The van der Waals surface area contributed by atoms with Crippen LogP contribution < -0.4 is 11.5 Å². The van der Waals surface area contributed by atoms with Gasteiger partial charge in [0.2, 0.25) is 11.8 Å². The summed E-state index contributed by atoms with van der Waals surface area (Å²) in [6, 6.07) is 3.69. The molecule has 0 aliphatic heterocycles. The highest BCUT2D eigenvalue weighted by Crippen LogP contribution is 2.23. The normalized spacial score (nSPS) is 14.3. The largest absolute Gasteiger partial charge is 0.481 e. The van der Waals surface area contributed by atoms with E-state index in [2.05, 4.69) is 20.5 Å². The van der Waals surface area contributed by atoms with Crippen molar-refractivity contribution in [1.82, 2.24) is 0 Å². The second-order valence-corrected chi connectivity index (χ2v) is 8.81. The van der Waals surface area contributed by atoms with E-state index in [0.29, 0.717) is 0 Å². The lowest BCUT2D eigenvalue weighted by atomic mass is 9.97. The molecule has 0 aromatic heterocycles. The lowest BCUT2D eigenvalue weighted by Gasteiger charge is -2.18. The molecular formula is C20H36N8O8. The van der Waals surface area contributed by atoms with Crippen molar-refractivity contribution in [2.24, 2.45) is 31.9 Å². The fourth-order valence-electron chi connectivity index (χ4n) is 1.53. The Morgan fingerprint density at radius 3 is 1.08 bits per heavy atom.